The molecule has 0 heterocycles. The Kier molecular flexibility index (Phi) is 29.9. The summed E-state index contributed by atoms with van der Waals surface area (Å²) in [6, 6.07) is 46.3. The van der Waals surface area contributed by atoms with Crippen LogP contribution < -0.4 is 4.74 Å². The van der Waals surface area contributed by atoms with Gasteiger partial charge in [0.2, 0.25) is 0 Å². The number of benzene rings is 6. The fourth-order valence-electron chi connectivity index (χ4n) is 8.37. The van der Waals surface area contributed by atoms with Gasteiger partial charge in [-0.05, 0) is 183 Å². The lowest BCUT2D eigenvalue weighted by Gasteiger charge is -2.37. The van der Waals surface area contributed by atoms with Crippen LogP contribution in [-0.2, 0) is 40.7 Å². The molecule has 0 bridgehead atoms. The van der Waals surface area contributed by atoms with Crippen molar-refractivity contribution in [2.75, 3.05) is 12.0 Å². The minimum absolute atomic E-state index is 0.161. The van der Waals surface area contributed by atoms with Crippen LogP contribution in [0.5, 0.6) is 5.75 Å². The molecule has 9 nitrogen and oxygen atoms in total. The molecule has 0 amide bonds. The van der Waals surface area contributed by atoms with Crippen LogP contribution >= 0.6 is 0 Å². The predicted molar refractivity (Wildman–Crippen MR) is 350 cm³/mol. The Labute approximate surface area is 504 Å². The maximum atomic E-state index is 11.8. The molecular weight excluding hydrogens is 1090 g/mol. The highest BCUT2D eigenvalue weighted by Crippen LogP contribution is 2.41. The highest BCUT2D eigenvalue weighted by molar-refractivity contribution is 7.92. The molecule has 1 fully saturated rings. The average molecular weight is 1200 g/mol. The summed E-state index contributed by atoms with van der Waals surface area (Å²) in [5.41, 5.74) is 8.35. The van der Waals surface area contributed by atoms with Crippen molar-refractivity contribution in [2.45, 2.75) is 230 Å². The molecule has 1 unspecified atom stereocenters. The van der Waals surface area contributed by atoms with E-state index in [-0.39, 0.29) is 17.1 Å². The summed E-state index contributed by atoms with van der Waals surface area (Å²) in [4.78, 5) is 1.23. The zero-order valence-electron chi connectivity index (χ0n) is 54.0. The largest absolute Gasteiger partial charge is 0.491 e. The van der Waals surface area contributed by atoms with Crippen molar-refractivity contribution in [1.82, 2.24) is 0 Å². The third-order valence-corrected chi connectivity index (χ3v) is 19.9. The van der Waals surface area contributed by atoms with Crippen molar-refractivity contribution in [2.24, 2.45) is 0 Å². The molecule has 12 heteroatoms. The maximum Gasteiger partial charge on any atom is 0.180 e. The third-order valence-electron chi connectivity index (χ3n) is 14.8. The summed E-state index contributed by atoms with van der Waals surface area (Å²) in [7, 11) is -9.21. The molecule has 2 N–H and O–H groups in total. The summed E-state index contributed by atoms with van der Waals surface area (Å²) < 4.78 is 74.5. The van der Waals surface area contributed by atoms with E-state index in [9.17, 15) is 35.5 Å². The van der Waals surface area contributed by atoms with Crippen molar-refractivity contribution < 1.29 is 40.2 Å². The molecule has 7 rings (SSSR count). The zero-order chi connectivity index (χ0) is 63.3. The molecule has 83 heavy (non-hydrogen) atoms. The summed E-state index contributed by atoms with van der Waals surface area (Å²) >= 11 is 0. The molecule has 1 aliphatic rings. The topological polar surface area (TPSA) is 152 Å². The van der Waals surface area contributed by atoms with Crippen LogP contribution in [0.4, 0.5) is 0 Å². The standard InChI is InChI=1S/C13H18O.C13H20O.C12H18O2S.C12H18O.C11H16O2S.C10H14O2S/c1-10(2)11-4-6-12(7-5-11)13(14)8-3-9-13;1-5-13(4,14)12-8-6-11(7-9-12)10(2)3;1-9(2)11-5-7-12(8-6-11)15(13,14)10(3)4;1-9(2)11-7-5-6-8-12(11)13-10(3)4;1-4-14(12,13)11-7-5-10(6-8-11)9(2)3;1-8(2)9-4-6-10(7-5-9)13(3,11)12/h4-7,10,14H,3,8-9H2,1-2H3;6-10,14H,5H2,1-4H3;5-10H,1-4H3;5-10H,1-4H3;5-9H,4H2,1-3H3;4-8H,1-3H3. The van der Waals surface area contributed by atoms with Crippen molar-refractivity contribution in [1.29, 1.82) is 0 Å². The van der Waals surface area contributed by atoms with Gasteiger partial charge >= 0.3 is 0 Å². The SMILES string of the molecule is CC(C)Oc1ccccc1C(C)C.CC(C)c1ccc(C2(O)CCC2)cc1.CC(C)c1ccc(S(=O)(=O)C(C)C)cc1.CC(C)c1ccc(S(C)(=O)=O)cc1.CCC(C)(O)c1ccc(C(C)C)cc1.CCS(=O)(=O)c1ccc(C(C)C)cc1. The molecule has 0 aliphatic heterocycles. The van der Waals surface area contributed by atoms with E-state index in [4.69, 9.17) is 4.74 Å². The number of para-hydroxylation sites is 1. The van der Waals surface area contributed by atoms with Crippen LogP contribution in [0.3, 0.4) is 0 Å². The van der Waals surface area contributed by atoms with Crippen LogP contribution in [0, 0.1) is 0 Å². The molecule has 0 aromatic heterocycles. The van der Waals surface area contributed by atoms with Gasteiger partial charge in [-0.3, -0.25) is 0 Å². The van der Waals surface area contributed by atoms with Crippen molar-refractivity contribution in [3.05, 3.63) is 190 Å². The van der Waals surface area contributed by atoms with Gasteiger partial charge in [0.25, 0.3) is 0 Å². The minimum atomic E-state index is -3.12. The summed E-state index contributed by atoms with van der Waals surface area (Å²) in [6.07, 6.45) is 5.22. The van der Waals surface area contributed by atoms with Crippen LogP contribution in [0.2, 0.25) is 0 Å². The Hall–Kier alpha value is -5.11. The zero-order valence-corrected chi connectivity index (χ0v) is 56.4. The number of sulfone groups is 3. The number of hydrogen-bond acceptors (Lipinski definition) is 9. The smallest absolute Gasteiger partial charge is 0.180 e. The normalized spacial score (nSPS) is 13.8. The van der Waals surface area contributed by atoms with Crippen molar-refractivity contribution >= 4 is 29.5 Å². The van der Waals surface area contributed by atoms with E-state index in [2.05, 4.69) is 145 Å². The molecule has 1 saturated carbocycles. The number of ether oxygens (including phenoxy) is 1. The summed E-state index contributed by atoms with van der Waals surface area (Å²) in [5.74, 6) is 4.13. The van der Waals surface area contributed by atoms with Gasteiger partial charge in [0, 0.05) is 6.26 Å². The van der Waals surface area contributed by atoms with Crippen LogP contribution in [0.1, 0.15) is 237 Å². The second-order valence-corrected chi connectivity index (χ2v) is 31.2. The molecule has 0 saturated heterocycles. The second kappa shape index (κ2) is 33.5. The van der Waals surface area contributed by atoms with Gasteiger partial charge in [-0.25, -0.2) is 25.3 Å². The van der Waals surface area contributed by atoms with Crippen LogP contribution in [0.25, 0.3) is 0 Å². The molecule has 460 valence electrons. The van der Waals surface area contributed by atoms with E-state index in [1.54, 1.807) is 57.2 Å². The van der Waals surface area contributed by atoms with Gasteiger partial charge in [-0.2, -0.15) is 0 Å². The van der Waals surface area contributed by atoms with Gasteiger partial charge < -0.3 is 14.9 Å². The Morgan fingerprint density at radius 1 is 0.482 bits per heavy atom. The average Bonchev–Trinajstić information content (AvgIpc) is 3.60. The molecular formula is C71H104O9S3. The van der Waals surface area contributed by atoms with Gasteiger partial charge in [-0.1, -0.05) is 200 Å². The Morgan fingerprint density at radius 3 is 1.13 bits per heavy atom. The fraction of sp³-hybridized carbons (Fsp3) is 0.493. The van der Waals surface area contributed by atoms with Gasteiger partial charge in [0.1, 0.15) is 5.75 Å². The minimum Gasteiger partial charge on any atom is -0.491 e. The van der Waals surface area contributed by atoms with Gasteiger partial charge in [0.05, 0.1) is 43.0 Å². The number of aliphatic hydroxyl groups is 2. The van der Waals surface area contributed by atoms with E-state index in [1.807, 2.05) is 74.5 Å². The quantitative estimate of drug-likeness (QED) is 0.0964. The maximum absolute atomic E-state index is 11.8. The molecule has 1 aliphatic carbocycles. The van der Waals surface area contributed by atoms with E-state index in [1.165, 1.54) is 28.5 Å². The second-order valence-electron chi connectivity index (χ2n) is 24.4. The van der Waals surface area contributed by atoms with Gasteiger partial charge in [0.15, 0.2) is 29.5 Å². The third kappa shape index (κ3) is 24.1. The molecule has 6 aromatic rings. The Bertz CT molecular complexity index is 3090. The lowest BCUT2D eigenvalue weighted by Crippen LogP contribution is -2.33. The summed E-state index contributed by atoms with van der Waals surface area (Å²) in [6.45, 7) is 38.6. The van der Waals surface area contributed by atoms with Gasteiger partial charge in [-0.15, -0.1) is 0 Å². The first-order valence-corrected chi connectivity index (χ1v) is 34.9. The van der Waals surface area contributed by atoms with E-state index >= 15 is 0 Å². The molecule has 1 atom stereocenters. The Morgan fingerprint density at radius 2 is 0.831 bits per heavy atom. The summed E-state index contributed by atoms with van der Waals surface area (Å²) in [5, 5.41) is 19.8. The number of hydrogen-bond donors (Lipinski definition) is 2. The van der Waals surface area contributed by atoms with E-state index in [0.29, 0.717) is 50.2 Å². The van der Waals surface area contributed by atoms with E-state index in [0.717, 1.165) is 53.7 Å². The first-order valence-electron chi connectivity index (χ1n) is 29.8. The van der Waals surface area contributed by atoms with E-state index < -0.39 is 40.7 Å². The Balaban J connectivity index is 0.000000340. The first-order chi connectivity index (χ1) is 38.4. The van der Waals surface area contributed by atoms with Crippen molar-refractivity contribution in [3.63, 3.8) is 0 Å². The van der Waals surface area contributed by atoms with Crippen LogP contribution in [0.15, 0.2) is 160 Å². The number of rotatable bonds is 16. The molecule has 0 radical (unpaired) electrons. The first kappa shape index (κ1) is 74.0. The van der Waals surface area contributed by atoms with Crippen molar-refractivity contribution in [3.8, 4) is 5.75 Å². The van der Waals surface area contributed by atoms with Crippen LogP contribution in [-0.4, -0.2) is 58.8 Å². The molecule has 0 spiro atoms. The monoisotopic (exact) mass is 1200 g/mol. The fourth-order valence-corrected chi connectivity index (χ4v) is 10.9. The molecule has 6 aromatic carbocycles. The highest BCUT2D eigenvalue weighted by atomic mass is 32.2. The lowest BCUT2D eigenvalue weighted by molar-refractivity contribution is -0.0388. The highest BCUT2D eigenvalue weighted by Gasteiger charge is 2.36. The predicted octanol–water partition coefficient (Wildman–Crippen LogP) is 18.0. The lowest BCUT2D eigenvalue weighted by atomic mass is 9.75.